The van der Waals surface area contributed by atoms with Gasteiger partial charge in [-0.3, -0.25) is 0 Å². The van der Waals surface area contributed by atoms with Crippen molar-refractivity contribution in [3.05, 3.63) is 17.7 Å². The van der Waals surface area contributed by atoms with Crippen molar-refractivity contribution in [2.75, 3.05) is 41.1 Å². The van der Waals surface area contributed by atoms with E-state index in [4.69, 9.17) is 18.9 Å². The topological polar surface area (TPSA) is 49.0 Å². The summed E-state index contributed by atoms with van der Waals surface area (Å²) in [5, 5.41) is 3.40. The van der Waals surface area contributed by atoms with Crippen LogP contribution in [0.25, 0.3) is 0 Å². The summed E-state index contributed by atoms with van der Waals surface area (Å²) in [5.41, 5.74) is 1.02. The fourth-order valence-corrected chi connectivity index (χ4v) is 2.16. The molecule has 0 unspecified atom stereocenters. The number of rotatable bonds is 4. The smallest absolute Gasteiger partial charge is 0.203 e. The molecule has 1 aliphatic heterocycles. The molecule has 0 saturated carbocycles. The molecule has 1 fully saturated rings. The van der Waals surface area contributed by atoms with E-state index < -0.39 is 0 Å². The molecule has 18 heavy (non-hydrogen) atoms. The predicted molar refractivity (Wildman–Crippen MR) is 67.7 cm³/mol. The highest BCUT2D eigenvalue weighted by Gasteiger charge is 2.23. The van der Waals surface area contributed by atoms with E-state index in [1.807, 2.05) is 12.1 Å². The number of benzene rings is 1. The second-order valence-corrected chi connectivity index (χ2v) is 4.01. The van der Waals surface area contributed by atoms with Crippen molar-refractivity contribution in [1.29, 1.82) is 0 Å². The molecule has 1 heterocycles. The van der Waals surface area contributed by atoms with Crippen molar-refractivity contribution in [1.82, 2.24) is 5.32 Å². The molecule has 1 atom stereocenters. The standard InChI is InChI=1S/C13H19NO4/c1-15-11-5-4-9(10-8-18-7-6-14-10)12(16-2)13(11)17-3/h4-5,10,14H,6-8H2,1-3H3/t10-/m1/s1. The summed E-state index contributed by atoms with van der Waals surface area (Å²) in [6.07, 6.45) is 0. The molecule has 5 nitrogen and oxygen atoms in total. The number of nitrogens with one attached hydrogen (secondary N) is 1. The van der Waals surface area contributed by atoms with Gasteiger partial charge in [0.2, 0.25) is 5.75 Å². The molecule has 1 aliphatic rings. The summed E-state index contributed by atoms with van der Waals surface area (Å²) in [6, 6.07) is 3.98. The summed E-state index contributed by atoms with van der Waals surface area (Å²) in [7, 11) is 4.85. The van der Waals surface area contributed by atoms with Crippen LogP contribution in [0.1, 0.15) is 11.6 Å². The van der Waals surface area contributed by atoms with Gasteiger partial charge in [0.25, 0.3) is 0 Å². The summed E-state index contributed by atoms with van der Waals surface area (Å²) >= 11 is 0. The highest BCUT2D eigenvalue weighted by atomic mass is 16.5. The number of methoxy groups -OCH3 is 3. The Morgan fingerprint density at radius 2 is 1.89 bits per heavy atom. The molecule has 5 heteroatoms. The number of morpholine rings is 1. The van der Waals surface area contributed by atoms with Gasteiger partial charge in [-0.05, 0) is 12.1 Å². The van der Waals surface area contributed by atoms with Gasteiger partial charge in [0.05, 0.1) is 40.6 Å². The maximum Gasteiger partial charge on any atom is 0.203 e. The first-order chi connectivity index (χ1) is 8.81. The fourth-order valence-electron chi connectivity index (χ4n) is 2.16. The average Bonchev–Trinajstić information content (AvgIpc) is 2.46. The van der Waals surface area contributed by atoms with Gasteiger partial charge in [-0.15, -0.1) is 0 Å². The van der Waals surface area contributed by atoms with Crippen LogP contribution in [0.4, 0.5) is 0 Å². The number of hydrogen-bond donors (Lipinski definition) is 1. The lowest BCUT2D eigenvalue weighted by molar-refractivity contribution is 0.0759. The van der Waals surface area contributed by atoms with Crippen LogP contribution in [0.5, 0.6) is 17.2 Å². The zero-order chi connectivity index (χ0) is 13.0. The lowest BCUT2D eigenvalue weighted by atomic mass is 10.0. The van der Waals surface area contributed by atoms with Crippen molar-refractivity contribution in [3.63, 3.8) is 0 Å². The molecule has 2 rings (SSSR count). The van der Waals surface area contributed by atoms with Crippen LogP contribution >= 0.6 is 0 Å². The van der Waals surface area contributed by atoms with Gasteiger partial charge < -0.3 is 24.3 Å². The molecule has 0 aromatic heterocycles. The van der Waals surface area contributed by atoms with Gasteiger partial charge in [0.15, 0.2) is 11.5 Å². The molecular formula is C13H19NO4. The molecular weight excluding hydrogens is 234 g/mol. The molecule has 1 saturated heterocycles. The van der Waals surface area contributed by atoms with Crippen molar-refractivity contribution in [2.24, 2.45) is 0 Å². The van der Waals surface area contributed by atoms with E-state index >= 15 is 0 Å². The maximum absolute atomic E-state index is 5.48. The van der Waals surface area contributed by atoms with Crippen molar-refractivity contribution in [2.45, 2.75) is 6.04 Å². The first-order valence-electron chi connectivity index (χ1n) is 5.91. The van der Waals surface area contributed by atoms with Crippen LogP contribution in [0, 0.1) is 0 Å². The van der Waals surface area contributed by atoms with Gasteiger partial charge in [-0.1, -0.05) is 0 Å². The number of ether oxygens (including phenoxy) is 4. The Labute approximate surface area is 107 Å². The third-order valence-electron chi connectivity index (χ3n) is 3.03. The third-order valence-corrected chi connectivity index (χ3v) is 3.03. The molecule has 0 radical (unpaired) electrons. The Morgan fingerprint density at radius 3 is 2.44 bits per heavy atom. The lowest BCUT2D eigenvalue weighted by Gasteiger charge is -2.26. The number of hydrogen-bond acceptors (Lipinski definition) is 5. The molecule has 1 aromatic rings. The first-order valence-corrected chi connectivity index (χ1v) is 5.91. The highest BCUT2D eigenvalue weighted by molar-refractivity contribution is 5.56. The van der Waals surface area contributed by atoms with Crippen molar-refractivity contribution < 1.29 is 18.9 Å². The molecule has 1 aromatic carbocycles. The molecule has 0 bridgehead atoms. The second kappa shape index (κ2) is 5.93. The summed E-state index contributed by atoms with van der Waals surface area (Å²) in [4.78, 5) is 0. The maximum atomic E-state index is 5.48. The Bertz CT molecular complexity index is 402. The van der Waals surface area contributed by atoms with E-state index in [9.17, 15) is 0 Å². The minimum absolute atomic E-state index is 0.119. The zero-order valence-corrected chi connectivity index (χ0v) is 11.0. The molecule has 0 aliphatic carbocycles. The Hall–Kier alpha value is -1.46. The molecule has 0 amide bonds. The molecule has 100 valence electrons. The normalized spacial score (nSPS) is 19.4. The third kappa shape index (κ3) is 2.37. The summed E-state index contributed by atoms with van der Waals surface area (Å²) in [5.74, 6) is 1.97. The second-order valence-electron chi connectivity index (χ2n) is 4.01. The van der Waals surface area contributed by atoms with Crippen LogP contribution in [0.15, 0.2) is 12.1 Å². The van der Waals surface area contributed by atoms with Crippen LogP contribution in [-0.2, 0) is 4.74 Å². The fraction of sp³-hybridized carbons (Fsp3) is 0.538. The van der Waals surface area contributed by atoms with E-state index in [0.717, 1.165) is 18.7 Å². The van der Waals surface area contributed by atoms with E-state index in [1.54, 1.807) is 21.3 Å². The summed E-state index contributed by atoms with van der Waals surface area (Å²) < 4.78 is 21.6. The average molecular weight is 253 g/mol. The van der Waals surface area contributed by atoms with Crippen LogP contribution in [0.3, 0.4) is 0 Å². The van der Waals surface area contributed by atoms with Crippen LogP contribution < -0.4 is 19.5 Å². The van der Waals surface area contributed by atoms with Gasteiger partial charge in [-0.2, -0.15) is 0 Å². The highest BCUT2D eigenvalue weighted by Crippen LogP contribution is 2.42. The van der Waals surface area contributed by atoms with E-state index in [1.165, 1.54) is 0 Å². The molecule has 0 spiro atoms. The Kier molecular flexibility index (Phi) is 4.28. The zero-order valence-electron chi connectivity index (χ0n) is 11.0. The van der Waals surface area contributed by atoms with E-state index in [2.05, 4.69) is 5.32 Å². The van der Waals surface area contributed by atoms with Crippen LogP contribution in [0.2, 0.25) is 0 Å². The SMILES string of the molecule is COc1ccc([C@H]2COCCN2)c(OC)c1OC. The van der Waals surface area contributed by atoms with Gasteiger partial charge in [0.1, 0.15) is 0 Å². The minimum Gasteiger partial charge on any atom is -0.493 e. The Balaban J connectivity index is 2.40. The summed E-state index contributed by atoms with van der Waals surface area (Å²) in [6.45, 7) is 2.21. The first kappa shape index (κ1) is 13.0. The monoisotopic (exact) mass is 253 g/mol. The van der Waals surface area contributed by atoms with Crippen molar-refractivity contribution in [3.8, 4) is 17.2 Å². The molecule has 1 N–H and O–H groups in total. The van der Waals surface area contributed by atoms with Crippen LogP contribution in [-0.4, -0.2) is 41.1 Å². The van der Waals surface area contributed by atoms with Gasteiger partial charge in [-0.25, -0.2) is 0 Å². The Morgan fingerprint density at radius 1 is 1.11 bits per heavy atom. The predicted octanol–water partition coefficient (Wildman–Crippen LogP) is 1.37. The minimum atomic E-state index is 0.119. The van der Waals surface area contributed by atoms with E-state index in [0.29, 0.717) is 23.9 Å². The quantitative estimate of drug-likeness (QED) is 0.878. The van der Waals surface area contributed by atoms with Gasteiger partial charge >= 0.3 is 0 Å². The van der Waals surface area contributed by atoms with Gasteiger partial charge in [0, 0.05) is 12.1 Å². The van der Waals surface area contributed by atoms with Crippen molar-refractivity contribution >= 4 is 0 Å². The largest absolute Gasteiger partial charge is 0.493 e. The lowest BCUT2D eigenvalue weighted by Crippen LogP contribution is -2.34. The van der Waals surface area contributed by atoms with E-state index in [-0.39, 0.29) is 6.04 Å².